The van der Waals surface area contributed by atoms with Crippen molar-refractivity contribution >= 4 is 11.0 Å². The van der Waals surface area contributed by atoms with Crippen LogP contribution in [0, 0.1) is 0 Å². The minimum Gasteiger partial charge on any atom is -0.317 e. The van der Waals surface area contributed by atoms with Crippen LogP contribution in [0.25, 0.3) is 11.0 Å². The summed E-state index contributed by atoms with van der Waals surface area (Å²) in [7, 11) is 1.81. The van der Waals surface area contributed by atoms with Crippen LogP contribution in [-0.4, -0.2) is 22.6 Å². The SMILES string of the molecule is Cn1c(=O)[nH]c2ccc(C3CCNCC3)cc21. The molecule has 1 aliphatic heterocycles. The Hall–Kier alpha value is -1.55. The highest BCUT2D eigenvalue weighted by atomic mass is 16.1. The molecule has 17 heavy (non-hydrogen) atoms. The van der Waals surface area contributed by atoms with E-state index in [2.05, 4.69) is 22.4 Å². The summed E-state index contributed by atoms with van der Waals surface area (Å²) in [6.45, 7) is 2.18. The molecule has 1 saturated heterocycles. The van der Waals surface area contributed by atoms with Gasteiger partial charge >= 0.3 is 5.69 Å². The van der Waals surface area contributed by atoms with Gasteiger partial charge < -0.3 is 10.3 Å². The Morgan fingerprint density at radius 2 is 2.06 bits per heavy atom. The molecule has 2 heterocycles. The topological polar surface area (TPSA) is 49.8 Å². The molecule has 4 nitrogen and oxygen atoms in total. The van der Waals surface area contributed by atoms with Gasteiger partial charge in [-0.25, -0.2) is 4.79 Å². The van der Waals surface area contributed by atoms with E-state index < -0.39 is 0 Å². The Bertz CT molecular complexity index is 590. The predicted octanol–water partition coefficient (Wildman–Crippen LogP) is 1.33. The van der Waals surface area contributed by atoms with Crippen LogP contribution in [0.4, 0.5) is 0 Å². The molecule has 0 aliphatic carbocycles. The molecule has 2 N–H and O–H groups in total. The lowest BCUT2D eigenvalue weighted by molar-refractivity contribution is 0.460. The highest BCUT2D eigenvalue weighted by Crippen LogP contribution is 2.27. The van der Waals surface area contributed by atoms with Crippen molar-refractivity contribution in [3.63, 3.8) is 0 Å². The highest BCUT2D eigenvalue weighted by molar-refractivity contribution is 5.76. The molecule has 1 aliphatic rings. The summed E-state index contributed by atoms with van der Waals surface area (Å²) in [5.74, 6) is 0.630. The Morgan fingerprint density at radius 1 is 1.29 bits per heavy atom. The van der Waals surface area contributed by atoms with Gasteiger partial charge in [-0.3, -0.25) is 4.57 Å². The fourth-order valence-electron chi connectivity index (χ4n) is 2.65. The zero-order valence-electron chi connectivity index (χ0n) is 9.99. The van der Waals surface area contributed by atoms with Gasteiger partial charge in [-0.15, -0.1) is 0 Å². The van der Waals surface area contributed by atoms with Crippen molar-refractivity contribution in [2.75, 3.05) is 13.1 Å². The molecule has 3 rings (SSSR count). The monoisotopic (exact) mass is 231 g/mol. The second-order valence-corrected chi connectivity index (χ2v) is 4.79. The van der Waals surface area contributed by atoms with Crippen LogP contribution < -0.4 is 11.0 Å². The number of fused-ring (bicyclic) bond motifs is 1. The van der Waals surface area contributed by atoms with Gasteiger partial charge in [0.2, 0.25) is 0 Å². The quantitative estimate of drug-likeness (QED) is 0.778. The van der Waals surface area contributed by atoms with Gasteiger partial charge in [-0.05, 0) is 49.5 Å². The number of aromatic amines is 1. The zero-order valence-corrected chi connectivity index (χ0v) is 9.99. The van der Waals surface area contributed by atoms with Crippen molar-refractivity contribution in [3.05, 3.63) is 34.2 Å². The predicted molar refractivity (Wildman–Crippen MR) is 68.4 cm³/mol. The minimum atomic E-state index is -0.0394. The normalized spacial score (nSPS) is 17.7. The maximum Gasteiger partial charge on any atom is 0.326 e. The number of imidazole rings is 1. The van der Waals surface area contributed by atoms with Crippen molar-refractivity contribution in [2.24, 2.45) is 7.05 Å². The summed E-state index contributed by atoms with van der Waals surface area (Å²) in [5, 5.41) is 3.38. The molecule has 0 amide bonds. The lowest BCUT2D eigenvalue weighted by Crippen LogP contribution is -2.26. The maximum atomic E-state index is 11.5. The first-order chi connectivity index (χ1) is 8.25. The molecule has 0 radical (unpaired) electrons. The van der Waals surface area contributed by atoms with Crippen LogP contribution >= 0.6 is 0 Å². The lowest BCUT2D eigenvalue weighted by atomic mass is 9.90. The molecule has 2 aromatic rings. The first kappa shape index (κ1) is 10.6. The maximum absolute atomic E-state index is 11.5. The third-order valence-electron chi connectivity index (χ3n) is 3.74. The largest absolute Gasteiger partial charge is 0.326 e. The Morgan fingerprint density at radius 3 is 2.82 bits per heavy atom. The lowest BCUT2D eigenvalue weighted by Gasteiger charge is -2.23. The number of H-pyrrole nitrogens is 1. The number of piperidine rings is 1. The van der Waals surface area contributed by atoms with Gasteiger partial charge in [-0.2, -0.15) is 0 Å². The molecule has 0 unspecified atom stereocenters. The van der Waals surface area contributed by atoms with E-state index in [0.29, 0.717) is 5.92 Å². The second kappa shape index (κ2) is 4.04. The number of aromatic nitrogens is 2. The fraction of sp³-hybridized carbons (Fsp3) is 0.462. The second-order valence-electron chi connectivity index (χ2n) is 4.79. The molecule has 0 saturated carbocycles. The summed E-state index contributed by atoms with van der Waals surface area (Å²) in [5.41, 5.74) is 3.25. The molecule has 0 atom stereocenters. The van der Waals surface area contributed by atoms with E-state index in [1.165, 1.54) is 18.4 Å². The van der Waals surface area contributed by atoms with Crippen LogP contribution in [-0.2, 0) is 7.05 Å². The molecule has 1 aromatic heterocycles. The third-order valence-corrected chi connectivity index (χ3v) is 3.74. The summed E-state index contributed by atoms with van der Waals surface area (Å²) in [6.07, 6.45) is 2.37. The Labute approximate surface area is 99.6 Å². The summed E-state index contributed by atoms with van der Waals surface area (Å²) in [4.78, 5) is 14.4. The van der Waals surface area contributed by atoms with Gasteiger partial charge in [0, 0.05) is 7.05 Å². The van der Waals surface area contributed by atoms with Gasteiger partial charge in [0.1, 0.15) is 0 Å². The molecule has 0 bridgehead atoms. The van der Waals surface area contributed by atoms with Gasteiger partial charge in [0.15, 0.2) is 0 Å². The number of aryl methyl sites for hydroxylation is 1. The molecular formula is C13H17N3O. The van der Waals surface area contributed by atoms with Crippen molar-refractivity contribution < 1.29 is 0 Å². The fourth-order valence-corrected chi connectivity index (χ4v) is 2.65. The van der Waals surface area contributed by atoms with E-state index in [1.807, 2.05) is 13.1 Å². The third kappa shape index (κ3) is 1.78. The van der Waals surface area contributed by atoms with E-state index in [1.54, 1.807) is 4.57 Å². The Kier molecular flexibility index (Phi) is 2.52. The van der Waals surface area contributed by atoms with Gasteiger partial charge in [-0.1, -0.05) is 6.07 Å². The van der Waals surface area contributed by atoms with Gasteiger partial charge in [0.25, 0.3) is 0 Å². The zero-order chi connectivity index (χ0) is 11.8. The standard InChI is InChI=1S/C13H17N3O/c1-16-12-8-10(9-4-6-14-7-5-9)2-3-11(12)15-13(16)17/h2-3,8-9,14H,4-7H2,1H3,(H,15,17). The van der Waals surface area contributed by atoms with Crippen LogP contribution in [0.2, 0.25) is 0 Å². The Balaban J connectivity index is 2.05. The number of hydrogen-bond acceptors (Lipinski definition) is 2. The number of nitrogens with zero attached hydrogens (tertiary/aromatic N) is 1. The van der Waals surface area contributed by atoms with Crippen LogP contribution in [0.15, 0.2) is 23.0 Å². The van der Waals surface area contributed by atoms with Crippen molar-refractivity contribution in [2.45, 2.75) is 18.8 Å². The van der Waals surface area contributed by atoms with Crippen LogP contribution in [0.5, 0.6) is 0 Å². The number of nitrogens with one attached hydrogen (secondary N) is 2. The molecular weight excluding hydrogens is 214 g/mol. The van der Waals surface area contributed by atoms with Crippen molar-refractivity contribution in [3.8, 4) is 0 Å². The van der Waals surface area contributed by atoms with E-state index in [9.17, 15) is 4.79 Å². The van der Waals surface area contributed by atoms with Crippen LogP contribution in [0.1, 0.15) is 24.3 Å². The smallest absolute Gasteiger partial charge is 0.317 e. The summed E-state index contributed by atoms with van der Waals surface area (Å²) >= 11 is 0. The summed E-state index contributed by atoms with van der Waals surface area (Å²) < 4.78 is 1.68. The molecule has 0 spiro atoms. The van der Waals surface area contributed by atoms with E-state index >= 15 is 0 Å². The summed E-state index contributed by atoms with van der Waals surface area (Å²) in [6, 6.07) is 6.32. The first-order valence-electron chi connectivity index (χ1n) is 6.15. The molecule has 1 aromatic carbocycles. The minimum absolute atomic E-state index is 0.0394. The molecule has 4 heteroatoms. The molecule has 1 fully saturated rings. The van der Waals surface area contributed by atoms with E-state index in [0.717, 1.165) is 24.1 Å². The van der Waals surface area contributed by atoms with E-state index in [-0.39, 0.29) is 5.69 Å². The molecule has 90 valence electrons. The average Bonchev–Trinajstić information content (AvgIpc) is 2.66. The number of benzene rings is 1. The number of hydrogen-bond donors (Lipinski definition) is 2. The number of rotatable bonds is 1. The van der Waals surface area contributed by atoms with E-state index in [4.69, 9.17) is 0 Å². The average molecular weight is 231 g/mol. The van der Waals surface area contributed by atoms with Crippen molar-refractivity contribution in [1.29, 1.82) is 0 Å². The van der Waals surface area contributed by atoms with Crippen LogP contribution in [0.3, 0.4) is 0 Å². The highest BCUT2D eigenvalue weighted by Gasteiger charge is 2.16. The van der Waals surface area contributed by atoms with Crippen molar-refractivity contribution in [1.82, 2.24) is 14.9 Å². The first-order valence-corrected chi connectivity index (χ1v) is 6.15. The van der Waals surface area contributed by atoms with Gasteiger partial charge in [0.05, 0.1) is 11.0 Å².